The number of carbonyl (C=O) groups excluding carboxylic acids is 1. The number of H-pyrrole nitrogens is 1. The van der Waals surface area contributed by atoms with Gasteiger partial charge in [-0.25, -0.2) is 9.18 Å². The summed E-state index contributed by atoms with van der Waals surface area (Å²) in [6.07, 6.45) is 2.44. The second-order valence-corrected chi connectivity index (χ2v) is 8.81. The minimum atomic E-state index is -0.532. The lowest BCUT2D eigenvalue weighted by molar-refractivity contribution is 0.170. The highest BCUT2D eigenvalue weighted by atomic mass is 35.5. The summed E-state index contributed by atoms with van der Waals surface area (Å²) in [5.74, 6) is -0.294. The molecule has 0 unspecified atom stereocenters. The summed E-state index contributed by atoms with van der Waals surface area (Å²) < 4.78 is 13.5. The van der Waals surface area contributed by atoms with Gasteiger partial charge in [0.05, 0.1) is 11.1 Å². The normalized spacial score (nSPS) is 15.7. The van der Waals surface area contributed by atoms with Crippen molar-refractivity contribution in [3.63, 3.8) is 0 Å². The molecule has 5 nitrogen and oxygen atoms in total. The lowest BCUT2D eigenvalue weighted by Gasteiger charge is -2.37. The van der Waals surface area contributed by atoms with Gasteiger partial charge in [-0.15, -0.1) is 0 Å². The monoisotopic (exact) mass is 441 g/mol. The average Bonchev–Trinajstić information content (AvgIpc) is 2.74. The Kier molecular flexibility index (Phi) is 6.01. The molecule has 0 fully saturated rings. The highest BCUT2D eigenvalue weighted by Crippen LogP contribution is 2.38. The number of nitrogens with zero attached hydrogens (tertiary/aromatic N) is 1. The van der Waals surface area contributed by atoms with Gasteiger partial charge >= 0.3 is 6.03 Å². The summed E-state index contributed by atoms with van der Waals surface area (Å²) in [5.41, 5.74) is 2.24. The van der Waals surface area contributed by atoms with Gasteiger partial charge in [-0.1, -0.05) is 43.6 Å². The lowest BCUT2D eigenvalue weighted by Crippen LogP contribution is -2.42. The summed E-state index contributed by atoms with van der Waals surface area (Å²) in [5, 5.41) is 4.34. The maximum atomic E-state index is 13.5. The Bertz CT molecular complexity index is 1190. The van der Waals surface area contributed by atoms with Crippen LogP contribution < -0.4 is 10.9 Å². The number of rotatable bonds is 4. The molecule has 0 saturated heterocycles. The van der Waals surface area contributed by atoms with E-state index in [4.69, 9.17) is 11.6 Å². The van der Waals surface area contributed by atoms with Gasteiger partial charge in [0.1, 0.15) is 5.82 Å². The zero-order valence-corrected chi connectivity index (χ0v) is 18.3. The molecule has 7 heteroatoms. The first-order valence-electron chi connectivity index (χ1n) is 10.5. The fraction of sp³-hybridized carbons (Fsp3) is 0.333. The third-order valence-electron chi connectivity index (χ3n) is 5.66. The maximum absolute atomic E-state index is 13.5. The number of aryl methyl sites for hydroxylation is 1. The summed E-state index contributed by atoms with van der Waals surface area (Å²) in [6, 6.07) is 11.2. The molecule has 2 amide bonds. The Labute approximate surface area is 185 Å². The van der Waals surface area contributed by atoms with Crippen LogP contribution in [0.15, 0.2) is 47.3 Å². The number of carbonyl (C=O) groups is 1. The third kappa shape index (κ3) is 4.30. The molecule has 1 aliphatic carbocycles. The van der Waals surface area contributed by atoms with Crippen molar-refractivity contribution in [3.05, 3.63) is 74.9 Å². The van der Waals surface area contributed by atoms with Crippen LogP contribution in [-0.4, -0.2) is 22.5 Å². The Morgan fingerprint density at radius 1 is 1.26 bits per heavy atom. The van der Waals surface area contributed by atoms with Crippen LogP contribution in [0.25, 0.3) is 10.8 Å². The number of anilines is 1. The molecule has 1 atom stereocenters. The van der Waals surface area contributed by atoms with E-state index < -0.39 is 5.82 Å². The first-order valence-corrected chi connectivity index (χ1v) is 10.9. The van der Waals surface area contributed by atoms with Crippen LogP contribution in [0.5, 0.6) is 0 Å². The number of urea groups is 1. The van der Waals surface area contributed by atoms with Crippen molar-refractivity contribution >= 4 is 34.1 Å². The predicted molar refractivity (Wildman–Crippen MR) is 122 cm³/mol. The maximum Gasteiger partial charge on any atom is 0.322 e. The van der Waals surface area contributed by atoms with Crippen LogP contribution in [0, 0.1) is 11.7 Å². The van der Waals surface area contributed by atoms with E-state index in [0.717, 1.165) is 35.9 Å². The topological polar surface area (TPSA) is 65.2 Å². The SMILES string of the molecule is CC(C)CN(C(=O)Nc1ccc(F)c(Cl)c1)[C@H]1CCCc2[nH]c(=O)c3ccccc3c21. The number of halogens is 2. The van der Waals surface area contributed by atoms with Crippen molar-refractivity contribution in [1.29, 1.82) is 0 Å². The first-order chi connectivity index (χ1) is 14.8. The number of pyridine rings is 1. The quantitative estimate of drug-likeness (QED) is 0.530. The van der Waals surface area contributed by atoms with Crippen molar-refractivity contribution in [2.75, 3.05) is 11.9 Å². The van der Waals surface area contributed by atoms with Crippen LogP contribution in [0.4, 0.5) is 14.9 Å². The van der Waals surface area contributed by atoms with Crippen LogP contribution in [0.3, 0.4) is 0 Å². The third-order valence-corrected chi connectivity index (χ3v) is 5.95. The van der Waals surface area contributed by atoms with E-state index in [1.165, 1.54) is 18.2 Å². The molecular weight excluding hydrogens is 417 g/mol. The predicted octanol–water partition coefficient (Wildman–Crippen LogP) is 5.89. The van der Waals surface area contributed by atoms with Crippen molar-refractivity contribution < 1.29 is 9.18 Å². The Morgan fingerprint density at radius 3 is 2.71 bits per heavy atom. The minimum absolute atomic E-state index is 0.0419. The van der Waals surface area contributed by atoms with E-state index in [2.05, 4.69) is 24.1 Å². The summed E-state index contributed by atoms with van der Waals surface area (Å²) in [6.45, 7) is 4.66. The molecule has 0 bridgehead atoms. The second kappa shape index (κ2) is 8.71. The molecule has 0 radical (unpaired) electrons. The number of benzene rings is 2. The van der Waals surface area contributed by atoms with Crippen molar-refractivity contribution in [1.82, 2.24) is 9.88 Å². The number of aromatic amines is 1. The summed E-state index contributed by atoms with van der Waals surface area (Å²) in [4.78, 5) is 30.8. The average molecular weight is 442 g/mol. The van der Waals surface area contributed by atoms with E-state index in [0.29, 0.717) is 17.6 Å². The lowest BCUT2D eigenvalue weighted by atomic mass is 9.86. The van der Waals surface area contributed by atoms with E-state index in [1.807, 2.05) is 29.2 Å². The van der Waals surface area contributed by atoms with Gasteiger partial charge in [0, 0.05) is 28.9 Å². The fourth-order valence-electron chi connectivity index (χ4n) is 4.37. The smallest absolute Gasteiger partial charge is 0.322 e. The number of fused-ring (bicyclic) bond motifs is 3. The number of hydrogen-bond donors (Lipinski definition) is 2. The van der Waals surface area contributed by atoms with Crippen LogP contribution in [0.1, 0.15) is 44.0 Å². The highest BCUT2D eigenvalue weighted by molar-refractivity contribution is 6.31. The molecule has 31 heavy (non-hydrogen) atoms. The van der Waals surface area contributed by atoms with Gasteiger partial charge in [0.2, 0.25) is 0 Å². The van der Waals surface area contributed by atoms with Gasteiger partial charge in [-0.3, -0.25) is 4.79 Å². The van der Waals surface area contributed by atoms with E-state index in [-0.39, 0.29) is 28.6 Å². The fourth-order valence-corrected chi connectivity index (χ4v) is 4.55. The zero-order chi connectivity index (χ0) is 22.1. The van der Waals surface area contributed by atoms with Crippen molar-refractivity contribution in [2.45, 2.75) is 39.2 Å². The van der Waals surface area contributed by atoms with E-state index in [9.17, 15) is 14.0 Å². The molecule has 0 aliphatic heterocycles. The van der Waals surface area contributed by atoms with Crippen LogP contribution >= 0.6 is 11.6 Å². The Morgan fingerprint density at radius 2 is 2.00 bits per heavy atom. The molecule has 2 N–H and O–H groups in total. The van der Waals surface area contributed by atoms with E-state index >= 15 is 0 Å². The Balaban J connectivity index is 1.76. The van der Waals surface area contributed by atoms with E-state index in [1.54, 1.807) is 0 Å². The van der Waals surface area contributed by atoms with Crippen LogP contribution in [-0.2, 0) is 6.42 Å². The van der Waals surface area contributed by atoms with Gasteiger partial charge in [0.25, 0.3) is 5.56 Å². The molecule has 3 aromatic rings. The molecule has 0 saturated carbocycles. The molecule has 1 heterocycles. The molecule has 0 spiro atoms. The molecule has 1 aromatic heterocycles. The molecule has 4 rings (SSSR count). The molecule has 2 aromatic carbocycles. The van der Waals surface area contributed by atoms with Crippen molar-refractivity contribution in [2.24, 2.45) is 5.92 Å². The number of hydrogen-bond acceptors (Lipinski definition) is 2. The van der Waals surface area contributed by atoms with Crippen LogP contribution in [0.2, 0.25) is 5.02 Å². The zero-order valence-electron chi connectivity index (χ0n) is 17.5. The van der Waals surface area contributed by atoms with Gasteiger partial charge in [-0.2, -0.15) is 0 Å². The highest BCUT2D eigenvalue weighted by Gasteiger charge is 2.32. The second-order valence-electron chi connectivity index (χ2n) is 8.41. The number of amides is 2. The molecular formula is C24H25ClFN3O2. The minimum Gasteiger partial charge on any atom is -0.325 e. The molecule has 1 aliphatic rings. The largest absolute Gasteiger partial charge is 0.325 e. The molecule has 162 valence electrons. The summed E-state index contributed by atoms with van der Waals surface area (Å²) >= 11 is 5.88. The number of aromatic nitrogens is 1. The van der Waals surface area contributed by atoms with Gasteiger partial charge in [-0.05, 0) is 54.8 Å². The standard InChI is InChI=1S/C24H25ClFN3O2/c1-14(2)13-29(24(31)27-15-10-11-19(26)18(25)12-15)21-9-5-8-20-22(21)16-6-3-4-7-17(16)23(30)28-20/h3-4,6-7,10-12,14,21H,5,8-9,13H2,1-2H3,(H,27,31)(H,28,30)/t21-/m0/s1. The Hall–Kier alpha value is -2.86. The summed E-state index contributed by atoms with van der Waals surface area (Å²) in [7, 11) is 0. The first kappa shape index (κ1) is 21.4. The number of nitrogens with one attached hydrogen (secondary N) is 2. The van der Waals surface area contributed by atoms with Gasteiger partial charge in [0.15, 0.2) is 0 Å². The van der Waals surface area contributed by atoms with Gasteiger partial charge < -0.3 is 15.2 Å². The van der Waals surface area contributed by atoms with Crippen molar-refractivity contribution in [3.8, 4) is 0 Å².